The van der Waals surface area contributed by atoms with Gasteiger partial charge < -0.3 is 10.6 Å². The van der Waals surface area contributed by atoms with Crippen molar-refractivity contribution in [3.63, 3.8) is 0 Å². The van der Waals surface area contributed by atoms with Crippen molar-refractivity contribution in [2.45, 2.75) is 4.90 Å². The molecule has 1 aromatic carbocycles. The number of aromatic amines is 1. The second-order valence-corrected chi connectivity index (χ2v) is 9.00. The highest BCUT2D eigenvalue weighted by atomic mass is 32.2. The number of H-pyrrole nitrogens is 1. The number of thiophene rings is 1. The van der Waals surface area contributed by atoms with Crippen LogP contribution < -0.4 is 10.6 Å². The second kappa shape index (κ2) is 8.41. The zero-order valence-electron chi connectivity index (χ0n) is 15.2. The molecule has 0 aliphatic carbocycles. The molecule has 3 aromatic rings. The molecule has 0 saturated carbocycles. The van der Waals surface area contributed by atoms with Gasteiger partial charge in [-0.25, -0.2) is 8.42 Å². The highest BCUT2D eigenvalue weighted by Crippen LogP contribution is 2.27. The van der Waals surface area contributed by atoms with E-state index in [9.17, 15) is 23.3 Å². The summed E-state index contributed by atoms with van der Waals surface area (Å²) in [6, 6.07) is 9.07. The van der Waals surface area contributed by atoms with Gasteiger partial charge in [0, 0.05) is 25.4 Å². The molecule has 29 heavy (non-hydrogen) atoms. The molecule has 0 bridgehead atoms. The van der Waals surface area contributed by atoms with E-state index < -0.39 is 14.8 Å². The first-order chi connectivity index (χ1) is 13.8. The summed E-state index contributed by atoms with van der Waals surface area (Å²) in [5, 5.41) is 25.4. The van der Waals surface area contributed by atoms with Crippen molar-refractivity contribution in [1.29, 1.82) is 0 Å². The van der Waals surface area contributed by atoms with Gasteiger partial charge >= 0.3 is 0 Å². The zero-order chi connectivity index (χ0) is 21.0. The summed E-state index contributed by atoms with van der Waals surface area (Å²) in [7, 11) is -3.56. The first-order valence-corrected chi connectivity index (χ1v) is 11.1. The van der Waals surface area contributed by atoms with Gasteiger partial charge in [0.1, 0.15) is 5.69 Å². The summed E-state index contributed by atoms with van der Waals surface area (Å²) < 4.78 is 23.1. The number of nitrogens with one attached hydrogen (secondary N) is 3. The lowest BCUT2D eigenvalue weighted by molar-refractivity contribution is -0.384. The van der Waals surface area contributed by atoms with Crippen molar-refractivity contribution in [2.75, 3.05) is 24.7 Å². The number of nitro groups is 1. The fraction of sp³-hybridized carbons (Fsp3) is 0.176. The van der Waals surface area contributed by atoms with Gasteiger partial charge in [-0.05, 0) is 29.6 Å². The Hall–Kier alpha value is -3.25. The van der Waals surface area contributed by atoms with Crippen LogP contribution in [0, 0.1) is 10.1 Å². The van der Waals surface area contributed by atoms with Crippen LogP contribution in [0.1, 0.15) is 10.5 Å². The molecule has 2 aromatic heterocycles. The summed E-state index contributed by atoms with van der Waals surface area (Å²) >= 11 is 1.52. The van der Waals surface area contributed by atoms with Gasteiger partial charge in [0.25, 0.3) is 11.6 Å². The largest absolute Gasteiger partial charge is 0.378 e. The summed E-state index contributed by atoms with van der Waals surface area (Å²) in [5.41, 5.74) is 0.783. The predicted octanol–water partition coefficient (Wildman–Crippen LogP) is 2.29. The topological polar surface area (TPSA) is 147 Å². The van der Waals surface area contributed by atoms with Crippen LogP contribution in [0.25, 0.3) is 10.6 Å². The number of rotatable bonds is 8. The molecule has 0 saturated heterocycles. The van der Waals surface area contributed by atoms with Crippen LogP contribution in [0.2, 0.25) is 0 Å². The molecule has 3 rings (SSSR count). The van der Waals surface area contributed by atoms with E-state index in [1.54, 1.807) is 6.07 Å². The van der Waals surface area contributed by atoms with Gasteiger partial charge in [-0.3, -0.25) is 20.0 Å². The third-order valence-corrected chi connectivity index (χ3v) is 5.93. The van der Waals surface area contributed by atoms with Gasteiger partial charge in [-0.15, -0.1) is 11.3 Å². The van der Waals surface area contributed by atoms with E-state index in [0.29, 0.717) is 0 Å². The average Bonchev–Trinajstić information content (AvgIpc) is 3.35. The monoisotopic (exact) mass is 435 g/mol. The summed E-state index contributed by atoms with van der Waals surface area (Å²) in [4.78, 5) is 23.6. The van der Waals surface area contributed by atoms with Gasteiger partial charge in [0.2, 0.25) is 0 Å². The Morgan fingerprint density at radius 1 is 1.28 bits per heavy atom. The smallest absolute Gasteiger partial charge is 0.293 e. The molecule has 0 radical (unpaired) electrons. The van der Waals surface area contributed by atoms with E-state index in [1.165, 1.54) is 23.5 Å². The lowest BCUT2D eigenvalue weighted by Gasteiger charge is -2.09. The van der Waals surface area contributed by atoms with Gasteiger partial charge in [0.05, 0.1) is 20.4 Å². The van der Waals surface area contributed by atoms with Crippen molar-refractivity contribution in [3.8, 4) is 10.6 Å². The van der Waals surface area contributed by atoms with Crippen molar-refractivity contribution in [2.24, 2.45) is 0 Å². The molecule has 10 nitrogen and oxygen atoms in total. The van der Waals surface area contributed by atoms with Crippen LogP contribution in [0.15, 0.2) is 46.7 Å². The van der Waals surface area contributed by atoms with Crippen molar-refractivity contribution >= 4 is 38.5 Å². The highest BCUT2D eigenvalue weighted by molar-refractivity contribution is 7.90. The molecular weight excluding hydrogens is 418 g/mol. The first kappa shape index (κ1) is 20.5. The molecule has 1 amide bonds. The minimum atomic E-state index is -3.56. The Kier molecular flexibility index (Phi) is 5.94. The van der Waals surface area contributed by atoms with E-state index in [2.05, 4.69) is 20.8 Å². The van der Waals surface area contributed by atoms with Crippen LogP contribution in [0.3, 0.4) is 0 Å². The van der Waals surface area contributed by atoms with Crippen LogP contribution >= 0.6 is 11.3 Å². The third-order valence-electron chi connectivity index (χ3n) is 3.92. The number of aromatic nitrogens is 2. The number of sulfone groups is 1. The van der Waals surface area contributed by atoms with Crippen LogP contribution in [-0.4, -0.2) is 48.8 Å². The third kappa shape index (κ3) is 4.97. The van der Waals surface area contributed by atoms with Crippen molar-refractivity contribution < 1.29 is 18.1 Å². The number of benzene rings is 1. The molecule has 0 fully saturated rings. The van der Waals surface area contributed by atoms with E-state index in [1.807, 2.05) is 17.5 Å². The number of amides is 1. The maximum Gasteiger partial charge on any atom is 0.293 e. The Balaban J connectivity index is 1.58. The van der Waals surface area contributed by atoms with Crippen LogP contribution in [-0.2, 0) is 9.84 Å². The minimum absolute atomic E-state index is 0.136. The molecule has 0 unspecified atom stereocenters. The van der Waals surface area contributed by atoms with Crippen molar-refractivity contribution in [3.05, 3.63) is 57.6 Å². The molecule has 12 heteroatoms. The van der Waals surface area contributed by atoms with Gasteiger partial charge in [0.15, 0.2) is 15.5 Å². The van der Waals surface area contributed by atoms with Gasteiger partial charge in [-0.1, -0.05) is 6.07 Å². The first-order valence-electron chi connectivity index (χ1n) is 8.35. The number of carbonyl (C=O) groups excluding carboxylic acids is 1. The average molecular weight is 435 g/mol. The standard InChI is InChI=1S/C17H17N5O5S2/c1-29(26,27)11-4-5-12(15(9-11)22(24)25)18-6-7-19-17(23)14-10-13(20-21-14)16-3-2-8-28-16/h2-5,8-10,18H,6-7H2,1H3,(H,19,23)(H,20,21). The molecule has 0 atom stereocenters. The lowest BCUT2D eigenvalue weighted by atomic mass is 10.2. The zero-order valence-corrected chi connectivity index (χ0v) is 16.8. The Bertz CT molecular complexity index is 1140. The minimum Gasteiger partial charge on any atom is -0.378 e. The summed E-state index contributed by atoms with van der Waals surface area (Å²) in [6.07, 6.45) is 0.980. The predicted molar refractivity (Wildman–Crippen MR) is 109 cm³/mol. The number of nitrogens with zero attached hydrogens (tertiary/aromatic N) is 2. The fourth-order valence-electron chi connectivity index (χ4n) is 2.50. The number of hydrogen-bond donors (Lipinski definition) is 3. The number of carbonyl (C=O) groups is 1. The second-order valence-electron chi connectivity index (χ2n) is 6.04. The molecule has 3 N–H and O–H groups in total. The summed E-state index contributed by atoms with van der Waals surface area (Å²) in [6.45, 7) is 0.387. The van der Waals surface area contributed by atoms with E-state index in [-0.39, 0.29) is 41.0 Å². The van der Waals surface area contributed by atoms with E-state index >= 15 is 0 Å². The molecule has 0 aliphatic rings. The number of hydrogen-bond acceptors (Lipinski definition) is 8. The molecule has 0 aliphatic heterocycles. The molecular formula is C17H17N5O5S2. The lowest BCUT2D eigenvalue weighted by Crippen LogP contribution is -2.29. The maximum absolute atomic E-state index is 12.2. The SMILES string of the molecule is CS(=O)(=O)c1ccc(NCCNC(=O)c2cc(-c3cccs3)[nH]n2)c([N+](=O)[O-])c1. The quantitative estimate of drug-likeness (QED) is 0.279. The summed E-state index contributed by atoms with van der Waals surface area (Å²) in [5.74, 6) is -0.382. The van der Waals surface area contributed by atoms with Crippen LogP contribution in [0.5, 0.6) is 0 Å². The fourth-order valence-corrected chi connectivity index (χ4v) is 3.84. The maximum atomic E-state index is 12.2. The number of nitro benzene ring substituents is 1. The molecule has 2 heterocycles. The van der Waals surface area contributed by atoms with Crippen LogP contribution in [0.4, 0.5) is 11.4 Å². The molecule has 0 spiro atoms. The Labute approximate surface area is 170 Å². The highest BCUT2D eigenvalue weighted by Gasteiger charge is 2.18. The number of anilines is 1. The van der Waals surface area contributed by atoms with Crippen molar-refractivity contribution in [1.82, 2.24) is 15.5 Å². The van der Waals surface area contributed by atoms with E-state index in [0.717, 1.165) is 22.9 Å². The van der Waals surface area contributed by atoms with Gasteiger partial charge in [-0.2, -0.15) is 5.10 Å². The molecule has 152 valence electrons. The Morgan fingerprint density at radius 2 is 2.07 bits per heavy atom. The normalized spacial score (nSPS) is 11.2. The Morgan fingerprint density at radius 3 is 2.72 bits per heavy atom. The van der Waals surface area contributed by atoms with E-state index in [4.69, 9.17) is 0 Å².